The highest BCUT2D eigenvalue weighted by atomic mass is 79.9. The predicted octanol–water partition coefficient (Wildman–Crippen LogP) is 2.55. The van der Waals surface area contributed by atoms with Crippen molar-refractivity contribution < 1.29 is 14.0 Å². The summed E-state index contributed by atoms with van der Waals surface area (Å²) in [6, 6.07) is 2.96. The Morgan fingerprint density at radius 1 is 1.38 bits per heavy atom. The van der Waals surface area contributed by atoms with Gasteiger partial charge in [0.1, 0.15) is 0 Å². The summed E-state index contributed by atoms with van der Waals surface area (Å²) in [7, 11) is 0. The van der Waals surface area contributed by atoms with Gasteiger partial charge in [0.05, 0.1) is 23.7 Å². The van der Waals surface area contributed by atoms with E-state index in [1.54, 1.807) is 0 Å². The third kappa shape index (κ3) is 1.85. The van der Waals surface area contributed by atoms with Gasteiger partial charge in [0.2, 0.25) is 5.91 Å². The molecule has 0 aliphatic carbocycles. The van der Waals surface area contributed by atoms with Gasteiger partial charge in [0.15, 0.2) is 11.6 Å². The van der Waals surface area contributed by atoms with E-state index < -0.39 is 11.7 Å². The lowest BCUT2D eigenvalue weighted by atomic mass is 10.3. The number of Topliss-reactive ketones (excluding diaryl/α,β-unsaturated/α-hetero) is 1. The molecule has 1 aliphatic heterocycles. The number of carbonyl (C=O) groups excluding carboxylic acids is 2. The Labute approximate surface area is 104 Å². The summed E-state index contributed by atoms with van der Waals surface area (Å²) in [5.74, 6) is -1.31. The maximum Gasteiger partial charge on any atom is 0.235 e. The maximum atomic E-state index is 13.7. The Morgan fingerprint density at radius 2 is 2.06 bits per heavy atom. The fourth-order valence-electron chi connectivity index (χ4n) is 1.53. The summed E-state index contributed by atoms with van der Waals surface area (Å²) in [5.41, 5.74) is 0.0454. The van der Waals surface area contributed by atoms with E-state index in [1.807, 2.05) is 0 Å². The number of halogens is 3. The second kappa shape index (κ2) is 4.14. The van der Waals surface area contributed by atoms with Crippen LogP contribution < -0.4 is 4.90 Å². The van der Waals surface area contributed by atoms with Crippen LogP contribution in [0.1, 0.15) is 6.42 Å². The Hall–Kier alpha value is -0.940. The average molecular weight is 307 g/mol. The van der Waals surface area contributed by atoms with Crippen molar-refractivity contribution in [1.82, 2.24) is 0 Å². The molecule has 3 nitrogen and oxygen atoms in total. The van der Waals surface area contributed by atoms with E-state index in [0.29, 0.717) is 4.47 Å². The number of hydrogen-bond donors (Lipinski definition) is 0. The van der Waals surface area contributed by atoms with E-state index in [4.69, 9.17) is 11.6 Å². The zero-order chi connectivity index (χ0) is 11.9. The van der Waals surface area contributed by atoms with Crippen molar-refractivity contribution in [3.63, 3.8) is 0 Å². The van der Waals surface area contributed by atoms with Crippen molar-refractivity contribution in [2.24, 2.45) is 0 Å². The fourth-order valence-corrected chi connectivity index (χ4v) is 1.99. The number of ketones is 1. The van der Waals surface area contributed by atoms with Crippen LogP contribution in [-0.4, -0.2) is 18.2 Å². The highest BCUT2D eigenvalue weighted by molar-refractivity contribution is 9.10. The van der Waals surface area contributed by atoms with Gasteiger partial charge in [-0.1, -0.05) is 11.6 Å². The van der Waals surface area contributed by atoms with Crippen LogP contribution in [0.3, 0.4) is 0 Å². The third-order valence-electron chi connectivity index (χ3n) is 2.29. The van der Waals surface area contributed by atoms with Crippen molar-refractivity contribution >= 4 is 44.9 Å². The molecule has 1 aromatic rings. The van der Waals surface area contributed by atoms with Crippen molar-refractivity contribution in [3.05, 3.63) is 27.4 Å². The largest absolute Gasteiger partial charge is 0.302 e. The van der Waals surface area contributed by atoms with E-state index in [2.05, 4.69) is 15.9 Å². The number of hydrogen-bond acceptors (Lipinski definition) is 2. The van der Waals surface area contributed by atoms with Gasteiger partial charge in [-0.25, -0.2) is 4.39 Å². The number of carbonyl (C=O) groups is 2. The van der Waals surface area contributed by atoms with Crippen molar-refractivity contribution in [1.29, 1.82) is 0 Å². The first-order valence-electron chi connectivity index (χ1n) is 4.46. The first kappa shape index (κ1) is 11.5. The number of amides is 1. The molecule has 1 aliphatic rings. The molecule has 1 fully saturated rings. The van der Waals surface area contributed by atoms with Crippen LogP contribution in [0, 0.1) is 5.82 Å². The molecule has 1 amide bonds. The topological polar surface area (TPSA) is 37.4 Å². The summed E-state index contributed by atoms with van der Waals surface area (Å²) in [5, 5.41) is -0.0929. The number of rotatable bonds is 1. The van der Waals surface area contributed by atoms with E-state index in [9.17, 15) is 14.0 Å². The monoisotopic (exact) mass is 305 g/mol. The summed E-state index contributed by atoms with van der Waals surface area (Å²) in [6.07, 6.45) is -0.173. The smallest absolute Gasteiger partial charge is 0.235 e. The first-order valence-corrected chi connectivity index (χ1v) is 5.63. The average Bonchev–Trinajstić information content (AvgIpc) is 2.55. The fraction of sp³-hybridized carbons (Fsp3) is 0.200. The summed E-state index contributed by atoms with van der Waals surface area (Å²) in [4.78, 5) is 23.6. The molecule has 0 saturated carbocycles. The summed E-state index contributed by atoms with van der Waals surface area (Å²) in [6.45, 7) is -0.0896. The Bertz CT molecular complexity index is 492. The molecule has 0 radical (unpaired) electrons. The second-order valence-electron chi connectivity index (χ2n) is 3.39. The highest BCUT2D eigenvalue weighted by Gasteiger charge is 2.31. The number of nitrogens with zero attached hydrogens (tertiary/aromatic N) is 1. The van der Waals surface area contributed by atoms with E-state index in [0.717, 1.165) is 4.90 Å². The van der Waals surface area contributed by atoms with Crippen LogP contribution in [-0.2, 0) is 9.59 Å². The van der Waals surface area contributed by atoms with Gasteiger partial charge in [-0.15, -0.1) is 0 Å². The molecule has 2 rings (SSSR count). The van der Waals surface area contributed by atoms with Crippen LogP contribution in [0.25, 0.3) is 0 Å². The minimum Gasteiger partial charge on any atom is -0.302 e. The molecule has 6 heteroatoms. The lowest BCUT2D eigenvalue weighted by Crippen LogP contribution is -2.25. The maximum absolute atomic E-state index is 13.7. The Morgan fingerprint density at radius 3 is 2.62 bits per heavy atom. The minimum absolute atomic E-state index is 0.0454. The van der Waals surface area contributed by atoms with Crippen LogP contribution >= 0.6 is 27.5 Å². The highest BCUT2D eigenvalue weighted by Crippen LogP contribution is 2.33. The molecule has 84 valence electrons. The van der Waals surface area contributed by atoms with Gasteiger partial charge in [-0.05, 0) is 28.1 Å². The number of anilines is 1. The molecule has 1 heterocycles. The van der Waals surface area contributed by atoms with Gasteiger partial charge in [0.25, 0.3) is 0 Å². The predicted molar refractivity (Wildman–Crippen MR) is 61.1 cm³/mol. The lowest BCUT2D eigenvalue weighted by molar-refractivity contribution is -0.121. The van der Waals surface area contributed by atoms with E-state index in [1.165, 1.54) is 12.1 Å². The molecule has 0 aromatic heterocycles. The molecular formula is C10H6BrClFNO2. The van der Waals surface area contributed by atoms with Gasteiger partial charge in [-0.3, -0.25) is 9.59 Å². The lowest BCUT2D eigenvalue weighted by Gasteiger charge is -2.16. The molecule has 16 heavy (non-hydrogen) atoms. The SMILES string of the molecule is O=C1CC(=O)N(c2ccc(Br)c(Cl)c2F)C1. The quantitative estimate of drug-likeness (QED) is 0.591. The van der Waals surface area contributed by atoms with E-state index >= 15 is 0 Å². The normalized spacial score (nSPS) is 16.1. The molecule has 0 unspecified atom stereocenters. The zero-order valence-electron chi connectivity index (χ0n) is 7.97. The van der Waals surface area contributed by atoms with Crippen LogP contribution in [0.15, 0.2) is 16.6 Å². The molecule has 0 bridgehead atoms. The summed E-state index contributed by atoms with van der Waals surface area (Å²) < 4.78 is 14.2. The standard InChI is InChI=1S/C10H6BrClFNO2/c11-6-1-2-7(10(13)9(6)12)14-4-5(15)3-8(14)16/h1-2H,3-4H2. The summed E-state index contributed by atoms with van der Waals surface area (Å²) >= 11 is 8.77. The minimum atomic E-state index is -0.695. The Balaban J connectivity index is 2.45. The van der Waals surface area contributed by atoms with Crippen LogP contribution in [0.2, 0.25) is 5.02 Å². The molecule has 0 spiro atoms. The van der Waals surface area contributed by atoms with Crippen molar-refractivity contribution in [3.8, 4) is 0 Å². The first-order chi connectivity index (χ1) is 7.50. The number of benzene rings is 1. The van der Waals surface area contributed by atoms with Crippen LogP contribution in [0.5, 0.6) is 0 Å². The molecule has 1 saturated heterocycles. The Kier molecular flexibility index (Phi) is 2.99. The van der Waals surface area contributed by atoms with Gasteiger partial charge < -0.3 is 4.90 Å². The van der Waals surface area contributed by atoms with Crippen LogP contribution in [0.4, 0.5) is 10.1 Å². The molecular weight excluding hydrogens is 300 g/mol. The van der Waals surface area contributed by atoms with E-state index in [-0.39, 0.29) is 29.5 Å². The van der Waals surface area contributed by atoms with Gasteiger partial charge >= 0.3 is 0 Å². The zero-order valence-corrected chi connectivity index (χ0v) is 10.3. The molecule has 0 N–H and O–H groups in total. The van der Waals surface area contributed by atoms with Gasteiger partial charge in [-0.2, -0.15) is 0 Å². The molecule has 0 atom stereocenters. The van der Waals surface area contributed by atoms with Crippen molar-refractivity contribution in [2.75, 3.05) is 11.4 Å². The van der Waals surface area contributed by atoms with Crippen molar-refractivity contribution in [2.45, 2.75) is 6.42 Å². The molecule has 1 aromatic carbocycles. The second-order valence-corrected chi connectivity index (χ2v) is 4.62. The third-order valence-corrected chi connectivity index (χ3v) is 3.55. The van der Waals surface area contributed by atoms with Gasteiger partial charge in [0, 0.05) is 4.47 Å².